The molecule has 0 N–H and O–H groups in total. The number of anilines is 1. The largest absolute Gasteiger partial charge is 0.315 e. The molecule has 28 heavy (non-hydrogen) atoms. The second-order valence-electron chi connectivity index (χ2n) is 7.56. The molecule has 3 nitrogen and oxygen atoms in total. The van der Waals surface area contributed by atoms with Gasteiger partial charge in [0.1, 0.15) is 11.7 Å². The van der Waals surface area contributed by atoms with E-state index in [9.17, 15) is 0 Å². The van der Waals surface area contributed by atoms with Crippen molar-refractivity contribution in [2.75, 3.05) is 11.4 Å². The number of unbranched alkanes of at least 4 members (excludes halogenated alkanes) is 3. The molecular weight excluding hydrogens is 342 g/mol. The lowest BCUT2D eigenvalue weighted by Gasteiger charge is -2.25. The van der Waals surface area contributed by atoms with Crippen LogP contribution in [0.1, 0.15) is 58.8 Å². The van der Waals surface area contributed by atoms with Gasteiger partial charge in [0.25, 0.3) is 0 Å². The van der Waals surface area contributed by atoms with Crippen LogP contribution in [0.3, 0.4) is 0 Å². The van der Waals surface area contributed by atoms with Crippen molar-refractivity contribution in [3.8, 4) is 0 Å². The number of rotatable bonds is 9. The molecule has 0 fully saturated rings. The lowest BCUT2D eigenvalue weighted by atomic mass is 9.98. The van der Waals surface area contributed by atoms with Gasteiger partial charge in [0.15, 0.2) is 0 Å². The summed E-state index contributed by atoms with van der Waals surface area (Å²) in [7, 11) is 0. The maximum Gasteiger partial charge on any atom is 0.133 e. The fraction of sp³-hybridized carbons (Fsp3) is 0.440. The molecule has 3 heteroatoms. The quantitative estimate of drug-likeness (QED) is 0.347. The molecule has 2 rings (SSSR count). The highest BCUT2D eigenvalue weighted by molar-refractivity contribution is 5.97. The first kappa shape index (κ1) is 21.9. The average molecular weight is 378 g/mol. The Morgan fingerprint density at radius 3 is 2.68 bits per heavy atom. The first-order valence-electron chi connectivity index (χ1n) is 10.6. The Morgan fingerprint density at radius 2 is 1.89 bits per heavy atom. The predicted octanol–water partition coefficient (Wildman–Crippen LogP) is 6.87. The summed E-state index contributed by atoms with van der Waals surface area (Å²) in [5, 5.41) is 0. The summed E-state index contributed by atoms with van der Waals surface area (Å²) >= 11 is 0. The molecule has 150 valence electrons. The molecule has 0 aliphatic carbocycles. The highest BCUT2D eigenvalue weighted by Gasteiger charge is 2.14. The van der Waals surface area contributed by atoms with Gasteiger partial charge in [-0.05, 0) is 49.8 Å². The van der Waals surface area contributed by atoms with Gasteiger partial charge in [0.2, 0.25) is 0 Å². The van der Waals surface area contributed by atoms with Crippen molar-refractivity contribution in [2.45, 2.75) is 58.8 Å². The van der Waals surface area contributed by atoms with Crippen LogP contribution in [0.2, 0.25) is 0 Å². The van der Waals surface area contributed by atoms with E-state index in [-0.39, 0.29) is 0 Å². The van der Waals surface area contributed by atoms with Gasteiger partial charge in [-0.1, -0.05) is 69.2 Å². The Hall–Kier alpha value is -2.42. The lowest BCUT2D eigenvalue weighted by Crippen LogP contribution is -2.32. The number of aliphatic imine (C=N–C) groups is 1. The highest BCUT2D eigenvalue weighted by Crippen LogP contribution is 2.18. The van der Waals surface area contributed by atoms with E-state index in [1.807, 2.05) is 42.8 Å². The molecule has 2 heterocycles. The fourth-order valence-electron chi connectivity index (χ4n) is 3.12. The topological polar surface area (TPSA) is 28.5 Å². The molecular formula is C25H35N3. The Labute approximate surface area is 171 Å². The maximum atomic E-state index is 4.74. The second-order valence-corrected chi connectivity index (χ2v) is 7.56. The number of allylic oxidation sites excluding steroid dienone is 6. The molecule has 1 aliphatic rings. The third kappa shape index (κ3) is 8.08. The molecule has 0 unspecified atom stereocenters. The van der Waals surface area contributed by atoms with Crippen LogP contribution in [0.4, 0.5) is 5.82 Å². The average Bonchev–Trinajstić information content (AvgIpc) is 2.72. The fourth-order valence-corrected chi connectivity index (χ4v) is 3.12. The molecule has 0 radical (unpaired) electrons. The number of nitrogens with zero attached hydrogens (tertiary/aromatic N) is 3. The Bertz CT molecular complexity index is 696. The monoisotopic (exact) mass is 377 g/mol. The Morgan fingerprint density at radius 1 is 1.07 bits per heavy atom. The van der Waals surface area contributed by atoms with Crippen molar-refractivity contribution in [1.29, 1.82) is 0 Å². The summed E-state index contributed by atoms with van der Waals surface area (Å²) in [6, 6.07) is 6.09. The van der Waals surface area contributed by atoms with E-state index in [0.717, 1.165) is 43.9 Å². The van der Waals surface area contributed by atoms with E-state index in [4.69, 9.17) is 4.99 Å². The van der Waals surface area contributed by atoms with Crippen LogP contribution in [0, 0.1) is 5.92 Å². The molecule has 1 aliphatic heterocycles. The normalized spacial score (nSPS) is 17.6. The van der Waals surface area contributed by atoms with Crippen LogP contribution in [-0.4, -0.2) is 17.4 Å². The zero-order valence-electron chi connectivity index (χ0n) is 17.6. The smallest absolute Gasteiger partial charge is 0.133 e. The zero-order valence-corrected chi connectivity index (χ0v) is 17.6. The van der Waals surface area contributed by atoms with Gasteiger partial charge in [0.05, 0.1) is 0 Å². The van der Waals surface area contributed by atoms with Crippen molar-refractivity contribution >= 4 is 11.7 Å². The van der Waals surface area contributed by atoms with Crippen LogP contribution < -0.4 is 4.90 Å². The molecule has 1 aromatic rings. The van der Waals surface area contributed by atoms with Crippen LogP contribution in [0.15, 0.2) is 78.1 Å². The van der Waals surface area contributed by atoms with Crippen LogP contribution in [0.5, 0.6) is 0 Å². The minimum absolute atomic E-state index is 0.599. The van der Waals surface area contributed by atoms with E-state index >= 15 is 0 Å². The van der Waals surface area contributed by atoms with Crippen molar-refractivity contribution < 1.29 is 0 Å². The van der Waals surface area contributed by atoms with Crippen LogP contribution >= 0.6 is 0 Å². The molecule has 1 aromatic heterocycles. The molecule has 0 saturated heterocycles. The molecule has 0 bridgehead atoms. The number of hydrogen-bond donors (Lipinski definition) is 0. The van der Waals surface area contributed by atoms with E-state index in [1.54, 1.807) is 0 Å². The van der Waals surface area contributed by atoms with Gasteiger partial charge in [-0.3, -0.25) is 0 Å². The second kappa shape index (κ2) is 12.9. The van der Waals surface area contributed by atoms with E-state index < -0.39 is 0 Å². The minimum atomic E-state index is 0.599. The van der Waals surface area contributed by atoms with Crippen molar-refractivity contribution in [3.05, 3.63) is 73.1 Å². The molecule has 0 atom stereocenters. The summed E-state index contributed by atoms with van der Waals surface area (Å²) in [4.78, 5) is 11.6. The zero-order chi connectivity index (χ0) is 20.0. The van der Waals surface area contributed by atoms with Crippen LogP contribution in [0.25, 0.3) is 0 Å². The lowest BCUT2D eigenvalue weighted by molar-refractivity contribution is 0.613. The summed E-state index contributed by atoms with van der Waals surface area (Å²) in [5.74, 6) is 2.67. The van der Waals surface area contributed by atoms with Gasteiger partial charge in [-0.2, -0.15) is 0 Å². The van der Waals surface area contributed by atoms with Gasteiger partial charge >= 0.3 is 0 Å². The Balaban J connectivity index is 1.95. The SMILES string of the molecule is C=C(CCCCCCN(C1=N/C=C/C=C\C=C/CC1)c1ccccn1)C(C)C. The number of amidine groups is 1. The molecule has 0 aromatic carbocycles. The highest BCUT2D eigenvalue weighted by atomic mass is 15.2. The van der Waals surface area contributed by atoms with Crippen molar-refractivity contribution in [1.82, 2.24) is 4.98 Å². The van der Waals surface area contributed by atoms with Crippen molar-refractivity contribution in [3.63, 3.8) is 0 Å². The van der Waals surface area contributed by atoms with E-state index in [1.165, 1.54) is 24.8 Å². The van der Waals surface area contributed by atoms with E-state index in [2.05, 4.69) is 48.5 Å². The third-order valence-corrected chi connectivity index (χ3v) is 5.00. The summed E-state index contributed by atoms with van der Waals surface area (Å²) < 4.78 is 0. The van der Waals surface area contributed by atoms with Gasteiger partial charge in [-0.25, -0.2) is 9.98 Å². The number of hydrogen-bond acceptors (Lipinski definition) is 3. The molecule has 0 amide bonds. The van der Waals surface area contributed by atoms with Gasteiger partial charge < -0.3 is 4.90 Å². The van der Waals surface area contributed by atoms with E-state index in [0.29, 0.717) is 5.92 Å². The summed E-state index contributed by atoms with van der Waals surface area (Å²) in [6.07, 6.45) is 22.0. The number of aromatic nitrogens is 1. The molecule has 0 saturated carbocycles. The summed E-state index contributed by atoms with van der Waals surface area (Å²) in [6.45, 7) is 9.59. The first-order chi connectivity index (χ1) is 13.7. The van der Waals surface area contributed by atoms with Crippen molar-refractivity contribution in [2.24, 2.45) is 10.9 Å². The Kier molecular flexibility index (Phi) is 10.1. The first-order valence-corrected chi connectivity index (χ1v) is 10.6. The van der Waals surface area contributed by atoms with Gasteiger partial charge in [0, 0.05) is 25.4 Å². The maximum absolute atomic E-state index is 4.74. The number of pyridine rings is 1. The van der Waals surface area contributed by atoms with Gasteiger partial charge in [-0.15, -0.1) is 0 Å². The molecule has 0 spiro atoms. The third-order valence-electron chi connectivity index (χ3n) is 5.00. The standard InChI is InChI=1S/C25H35N3/c1-22(2)23(3)16-10-7-9-15-21-28(25-18-12-14-20-27-25)24-17-11-6-4-5-8-13-19-26-24/h4-6,8,12-14,18-20,22H,3,7,9-11,15-17,21H2,1-2H3/b6-4-,8-5-,19-13+,26-24?. The summed E-state index contributed by atoms with van der Waals surface area (Å²) in [5.41, 5.74) is 1.37. The van der Waals surface area contributed by atoms with Crippen LogP contribution in [-0.2, 0) is 0 Å². The minimum Gasteiger partial charge on any atom is -0.315 e. The predicted molar refractivity (Wildman–Crippen MR) is 123 cm³/mol.